The van der Waals surface area contributed by atoms with Gasteiger partial charge in [-0.1, -0.05) is 30.3 Å². The number of anilines is 2. The van der Waals surface area contributed by atoms with E-state index in [0.717, 1.165) is 43.3 Å². The van der Waals surface area contributed by atoms with Crippen LogP contribution in [-0.2, 0) is 4.79 Å². The van der Waals surface area contributed by atoms with Crippen LogP contribution in [0.1, 0.15) is 13.8 Å². The molecule has 3 rings (SSSR count). The highest BCUT2D eigenvalue weighted by Gasteiger charge is 2.28. The Morgan fingerprint density at radius 2 is 1.67 bits per heavy atom. The van der Waals surface area contributed by atoms with Crippen molar-refractivity contribution in [2.45, 2.75) is 19.9 Å². The van der Waals surface area contributed by atoms with Crippen LogP contribution >= 0.6 is 0 Å². The number of hydrogen-bond acceptors (Lipinski definition) is 4. The molecule has 0 aliphatic carbocycles. The van der Waals surface area contributed by atoms with E-state index in [-0.39, 0.29) is 11.9 Å². The zero-order chi connectivity index (χ0) is 19.2. The first-order valence-electron chi connectivity index (χ1n) is 9.65. The van der Waals surface area contributed by atoms with Gasteiger partial charge in [0.05, 0.1) is 18.3 Å². The lowest BCUT2D eigenvalue weighted by molar-refractivity contribution is -0.123. The number of hydrogen-bond donors (Lipinski definition) is 0. The van der Waals surface area contributed by atoms with E-state index in [0.29, 0.717) is 6.61 Å². The molecule has 5 nitrogen and oxygen atoms in total. The molecule has 0 spiro atoms. The average Bonchev–Trinajstić information content (AvgIpc) is 2.73. The Labute approximate surface area is 162 Å². The van der Waals surface area contributed by atoms with Crippen molar-refractivity contribution in [2.75, 3.05) is 49.6 Å². The number of piperazine rings is 1. The molecule has 0 N–H and O–H groups in total. The first-order chi connectivity index (χ1) is 13.1. The van der Waals surface area contributed by atoms with Gasteiger partial charge in [-0.2, -0.15) is 0 Å². The minimum absolute atomic E-state index is 0.129. The fourth-order valence-electron chi connectivity index (χ4n) is 3.56. The number of likely N-dealkylation sites (N-methyl/N-ethyl adjacent to an activating group) is 1. The summed E-state index contributed by atoms with van der Waals surface area (Å²) in [4.78, 5) is 19.2. The van der Waals surface area contributed by atoms with Crippen LogP contribution < -0.4 is 14.5 Å². The minimum atomic E-state index is -0.139. The highest BCUT2D eigenvalue weighted by Crippen LogP contribution is 2.29. The summed E-state index contributed by atoms with van der Waals surface area (Å²) in [5, 5.41) is 0. The lowest BCUT2D eigenvalue weighted by Gasteiger charge is -2.39. The van der Waals surface area contributed by atoms with E-state index in [4.69, 9.17) is 4.74 Å². The molecule has 2 aromatic carbocycles. The Morgan fingerprint density at radius 1 is 1.04 bits per heavy atom. The second-order valence-corrected chi connectivity index (χ2v) is 6.83. The first kappa shape index (κ1) is 19.2. The molecule has 1 aliphatic rings. The van der Waals surface area contributed by atoms with Gasteiger partial charge in [-0.05, 0) is 38.1 Å². The largest absolute Gasteiger partial charge is 0.492 e. The van der Waals surface area contributed by atoms with Gasteiger partial charge in [0.15, 0.2) is 0 Å². The maximum atomic E-state index is 12.9. The third-order valence-electron chi connectivity index (χ3n) is 5.20. The van der Waals surface area contributed by atoms with Gasteiger partial charge in [0.25, 0.3) is 0 Å². The number of amides is 1. The Bertz CT molecular complexity index is 742. The highest BCUT2D eigenvalue weighted by molar-refractivity contribution is 5.96. The Hall–Kier alpha value is -2.53. The van der Waals surface area contributed by atoms with Crippen LogP contribution in [0.2, 0.25) is 0 Å². The normalized spacial score (nSPS) is 16.0. The predicted molar refractivity (Wildman–Crippen MR) is 111 cm³/mol. The molecule has 1 heterocycles. The maximum absolute atomic E-state index is 12.9. The monoisotopic (exact) mass is 367 g/mol. The van der Waals surface area contributed by atoms with Gasteiger partial charge < -0.3 is 14.5 Å². The Balaban J connectivity index is 1.61. The second kappa shape index (κ2) is 8.91. The molecule has 27 heavy (non-hydrogen) atoms. The van der Waals surface area contributed by atoms with Crippen molar-refractivity contribution in [3.8, 4) is 5.75 Å². The van der Waals surface area contributed by atoms with Crippen LogP contribution in [-0.4, -0.2) is 56.7 Å². The van der Waals surface area contributed by atoms with Crippen molar-refractivity contribution in [1.82, 2.24) is 4.90 Å². The number of ether oxygens (including phenoxy) is 1. The smallest absolute Gasteiger partial charge is 0.243 e. The van der Waals surface area contributed by atoms with Gasteiger partial charge >= 0.3 is 0 Å². The van der Waals surface area contributed by atoms with Crippen LogP contribution in [0.3, 0.4) is 0 Å². The quantitative estimate of drug-likeness (QED) is 0.785. The summed E-state index contributed by atoms with van der Waals surface area (Å²) in [5.74, 6) is 1.06. The molecule has 2 aromatic rings. The first-order valence-corrected chi connectivity index (χ1v) is 9.65. The number of carbonyl (C=O) groups excluding carboxylic acids is 1. The summed E-state index contributed by atoms with van der Waals surface area (Å²) in [7, 11) is 1.85. The van der Waals surface area contributed by atoms with Gasteiger partial charge in [0.1, 0.15) is 5.75 Å². The second-order valence-electron chi connectivity index (χ2n) is 6.83. The molecule has 0 radical (unpaired) electrons. The molecule has 1 saturated heterocycles. The molecule has 1 fully saturated rings. The summed E-state index contributed by atoms with van der Waals surface area (Å²) >= 11 is 0. The van der Waals surface area contributed by atoms with E-state index >= 15 is 0 Å². The van der Waals surface area contributed by atoms with Crippen molar-refractivity contribution in [1.29, 1.82) is 0 Å². The topological polar surface area (TPSA) is 36.0 Å². The summed E-state index contributed by atoms with van der Waals surface area (Å²) in [6.07, 6.45) is 0. The van der Waals surface area contributed by atoms with Crippen molar-refractivity contribution in [2.24, 2.45) is 0 Å². The Morgan fingerprint density at radius 3 is 2.33 bits per heavy atom. The van der Waals surface area contributed by atoms with Crippen LogP contribution in [0.25, 0.3) is 0 Å². The average molecular weight is 367 g/mol. The maximum Gasteiger partial charge on any atom is 0.243 e. The van der Waals surface area contributed by atoms with Crippen LogP contribution in [0.4, 0.5) is 11.4 Å². The Kier molecular flexibility index (Phi) is 6.35. The van der Waals surface area contributed by atoms with E-state index < -0.39 is 0 Å². The molecular formula is C22H29N3O2. The van der Waals surface area contributed by atoms with Crippen molar-refractivity contribution >= 4 is 17.3 Å². The predicted octanol–water partition coefficient (Wildman–Crippen LogP) is 3.26. The molecule has 1 unspecified atom stereocenters. The third-order valence-corrected chi connectivity index (χ3v) is 5.20. The zero-order valence-corrected chi connectivity index (χ0v) is 16.5. The summed E-state index contributed by atoms with van der Waals surface area (Å²) in [6, 6.07) is 17.8. The fourth-order valence-corrected chi connectivity index (χ4v) is 3.56. The number of para-hydroxylation sites is 3. The van der Waals surface area contributed by atoms with Crippen LogP contribution in [0, 0.1) is 0 Å². The van der Waals surface area contributed by atoms with E-state index in [1.54, 1.807) is 4.90 Å². The summed E-state index contributed by atoms with van der Waals surface area (Å²) in [5.41, 5.74) is 2.07. The molecule has 0 aromatic heterocycles. The van der Waals surface area contributed by atoms with Gasteiger partial charge in [-0.25, -0.2) is 0 Å². The minimum Gasteiger partial charge on any atom is -0.492 e. The molecule has 5 heteroatoms. The van der Waals surface area contributed by atoms with E-state index in [1.165, 1.54) is 0 Å². The van der Waals surface area contributed by atoms with Gasteiger partial charge in [-0.3, -0.25) is 9.69 Å². The number of carbonyl (C=O) groups is 1. The molecule has 1 aliphatic heterocycles. The van der Waals surface area contributed by atoms with Gasteiger partial charge in [-0.15, -0.1) is 0 Å². The number of nitrogens with zero attached hydrogens (tertiary/aromatic N) is 3. The van der Waals surface area contributed by atoms with Crippen molar-refractivity contribution in [3.05, 3.63) is 54.6 Å². The number of rotatable bonds is 6. The highest BCUT2D eigenvalue weighted by atomic mass is 16.5. The van der Waals surface area contributed by atoms with Gasteiger partial charge in [0, 0.05) is 38.9 Å². The number of benzene rings is 2. The van der Waals surface area contributed by atoms with Gasteiger partial charge in [0.2, 0.25) is 5.91 Å². The lowest BCUT2D eigenvalue weighted by atomic mass is 10.1. The standard InChI is InChI=1S/C22H29N3O2/c1-4-27-21-13-9-8-12-20(21)25-16-14-24(15-17-25)18(2)22(26)23(3)19-10-6-5-7-11-19/h5-13,18H,4,14-17H2,1-3H3. The molecule has 0 bridgehead atoms. The summed E-state index contributed by atoms with van der Waals surface area (Å²) < 4.78 is 5.77. The van der Waals surface area contributed by atoms with Crippen molar-refractivity contribution < 1.29 is 9.53 Å². The van der Waals surface area contributed by atoms with Crippen molar-refractivity contribution in [3.63, 3.8) is 0 Å². The molecular weight excluding hydrogens is 338 g/mol. The zero-order valence-electron chi connectivity index (χ0n) is 16.5. The van der Waals surface area contributed by atoms with E-state index in [1.807, 2.05) is 69.4 Å². The lowest BCUT2D eigenvalue weighted by Crippen LogP contribution is -2.54. The van der Waals surface area contributed by atoms with Crippen LogP contribution in [0.5, 0.6) is 5.75 Å². The molecule has 1 amide bonds. The molecule has 0 saturated carbocycles. The summed E-state index contributed by atoms with van der Waals surface area (Å²) in [6.45, 7) is 8.16. The SMILES string of the molecule is CCOc1ccccc1N1CCN(C(C)C(=O)N(C)c2ccccc2)CC1. The molecule has 1 atom stereocenters. The molecule has 144 valence electrons. The fraction of sp³-hybridized carbons (Fsp3) is 0.409. The van der Waals surface area contributed by atoms with Crippen LogP contribution in [0.15, 0.2) is 54.6 Å². The van der Waals surface area contributed by atoms with E-state index in [9.17, 15) is 4.79 Å². The third kappa shape index (κ3) is 4.42. The van der Waals surface area contributed by atoms with E-state index in [2.05, 4.69) is 15.9 Å².